The van der Waals surface area contributed by atoms with Crippen LogP contribution in [0.25, 0.3) is 0 Å². The number of nitrogens with zero attached hydrogens (tertiary/aromatic N) is 4. The van der Waals surface area contributed by atoms with Crippen LogP contribution in [0.4, 0.5) is 11.8 Å². The standard InChI is InChI=1S/C21H30N6O3S/c1-16-15-19(27-13-5-4-6-14-27)25-21(24-16)23-12-11-22-20(28)17-7-9-18(10-8-17)31(29,30)26(2)3/h7-10,15H,4-6,11-14H2,1-3H3,(H,22,28)(H,23,24,25). The predicted octanol–water partition coefficient (Wildman–Crippen LogP) is 1.87. The molecule has 31 heavy (non-hydrogen) atoms. The number of amides is 1. The summed E-state index contributed by atoms with van der Waals surface area (Å²) in [6, 6.07) is 7.89. The van der Waals surface area contributed by atoms with Gasteiger partial charge in [-0.2, -0.15) is 4.98 Å². The molecular weight excluding hydrogens is 416 g/mol. The number of anilines is 2. The summed E-state index contributed by atoms with van der Waals surface area (Å²) in [7, 11) is -0.575. The van der Waals surface area contributed by atoms with E-state index in [9.17, 15) is 13.2 Å². The van der Waals surface area contributed by atoms with Crippen molar-refractivity contribution in [1.82, 2.24) is 19.6 Å². The van der Waals surface area contributed by atoms with E-state index in [0.717, 1.165) is 28.9 Å². The fourth-order valence-corrected chi connectivity index (χ4v) is 4.26. The molecule has 0 radical (unpaired) electrons. The molecule has 0 atom stereocenters. The number of carbonyl (C=O) groups is 1. The molecule has 1 saturated heterocycles. The van der Waals surface area contributed by atoms with Crippen LogP contribution in [-0.2, 0) is 10.0 Å². The first-order valence-corrected chi connectivity index (χ1v) is 11.9. The number of aryl methyl sites for hydroxylation is 1. The van der Waals surface area contributed by atoms with Crippen LogP contribution in [0.1, 0.15) is 35.3 Å². The normalized spacial score (nSPS) is 14.5. The Morgan fingerprint density at radius 3 is 2.39 bits per heavy atom. The second kappa shape index (κ2) is 10.1. The maximum Gasteiger partial charge on any atom is 0.251 e. The summed E-state index contributed by atoms with van der Waals surface area (Å²) in [6.07, 6.45) is 3.62. The van der Waals surface area contributed by atoms with Crippen LogP contribution in [0.5, 0.6) is 0 Å². The molecule has 1 fully saturated rings. The molecule has 0 bridgehead atoms. The molecule has 1 aromatic heterocycles. The highest BCUT2D eigenvalue weighted by molar-refractivity contribution is 7.89. The number of benzene rings is 1. The van der Waals surface area contributed by atoms with E-state index in [2.05, 4.69) is 25.5 Å². The van der Waals surface area contributed by atoms with Crippen molar-refractivity contribution < 1.29 is 13.2 Å². The summed E-state index contributed by atoms with van der Waals surface area (Å²) in [5.41, 5.74) is 1.30. The van der Waals surface area contributed by atoms with E-state index in [1.54, 1.807) is 0 Å². The van der Waals surface area contributed by atoms with E-state index < -0.39 is 10.0 Å². The molecule has 9 nitrogen and oxygen atoms in total. The lowest BCUT2D eigenvalue weighted by Crippen LogP contribution is -2.31. The zero-order valence-corrected chi connectivity index (χ0v) is 19.1. The zero-order valence-electron chi connectivity index (χ0n) is 18.3. The Hall–Kier alpha value is -2.72. The lowest BCUT2D eigenvalue weighted by molar-refractivity contribution is 0.0955. The molecule has 0 spiro atoms. The van der Waals surface area contributed by atoms with E-state index in [4.69, 9.17) is 0 Å². The van der Waals surface area contributed by atoms with Crippen molar-refractivity contribution in [1.29, 1.82) is 0 Å². The molecule has 2 N–H and O–H groups in total. The Bertz CT molecular complexity index is 1000. The molecule has 1 aliphatic rings. The molecule has 1 amide bonds. The molecule has 0 aliphatic carbocycles. The molecule has 1 aliphatic heterocycles. The zero-order chi connectivity index (χ0) is 22.4. The van der Waals surface area contributed by atoms with Gasteiger partial charge in [-0.05, 0) is 50.5 Å². The first kappa shape index (κ1) is 23.0. The number of hydrogen-bond acceptors (Lipinski definition) is 7. The van der Waals surface area contributed by atoms with Crippen molar-refractivity contribution in [3.8, 4) is 0 Å². The van der Waals surface area contributed by atoms with Gasteiger partial charge in [0.2, 0.25) is 16.0 Å². The molecule has 0 saturated carbocycles. The van der Waals surface area contributed by atoms with Crippen molar-refractivity contribution in [2.75, 3.05) is 50.5 Å². The Morgan fingerprint density at radius 2 is 1.74 bits per heavy atom. The van der Waals surface area contributed by atoms with E-state index in [1.807, 2.05) is 13.0 Å². The van der Waals surface area contributed by atoms with Gasteiger partial charge < -0.3 is 15.5 Å². The molecule has 1 aromatic carbocycles. The van der Waals surface area contributed by atoms with Gasteiger partial charge in [-0.25, -0.2) is 17.7 Å². The summed E-state index contributed by atoms with van der Waals surface area (Å²) in [4.78, 5) is 23.8. The van der Waals surface area contributed by atoms with Crippen LogP contribution in [-0.4, -0.2) is 68.9 Å². The highest BCUT2D eigenvalue weighted by Gasteiger charge is 2.17. The monoisotopic (exact) mass is 446 g/mol. The summed E-state index contributed by atoms with van der Waals surface area (Å²) in [5.74, 6) is 1.22. The van der Waals surface area contributed by atoms with E-state index in [1.165, 1.54) is 57.6 Å². The number of carbonyl (C=O) groups excluding carboxylic acids is 1. The molecule has 2 aromatic rings. The summed E-state index contributed by atoms with van der Waals surface area (Å²) in [6.45, 7) is 4.83. The average Bonchev–Trinajstić information content (AvgIpc) is 2.77. The Balaban J connectivity index is 1.51. The SMILES string of the molecule is Cc1cc(N2CCCCC2)nc(NCCNC(=O)c2ccc(S(=O)(=O)N(C)C)cc2)n1. The average molecular weight is 447 g/mol. The van der Waals surface area contributed by atoms with Crippen molar-refractivity contribution in [3.05, 3.63) is 41.6 Å². The Kier molecular flexibility index (Phi) is 7.45. The van der Waals surface area contributed by atoms with Crippen LogP contribution in [0.15, 0.2) is 35.2 Å². The third kappa shape index (κ3) is 5.92. The van der Waals surface area contributed by atoms with E-state index >= 15 is 0 Å². The molecule has 0 unspecified atom stereocenters. The number of piperidine rings is 1. The van der Waals surface area contributed by atoms with E-state index in [0.29, 0.717) is 24.6 Å². The first-order valence-electron chi connectivity index (χ1n) is 10.4. The van der Waals surface area contributed by atoms with Gasteiger partial charge in [0, 0.05) is 57.6 Å². The molecule has 2 heterocycles. The summed E-state index contributed by atoms with van der Waals surface area (Å²) in [5, 5.41) is 5.98. The quantitative estimate of drug-likeness (QED) is 0.596. The van der Waals surface area contributed by atoms with Crippen molar-refractivity contribution in [2.24, 2.45) is 0 Å². The van der Waals surface area contributed by atoms with Gasteiger partial charge in [0.25, 0.3) is 5.91 Å². The maximum atomic E-state index is 12.3. The lowest BCUT2D eigenvalue weighted by Gasteiger charge is -2.28. The first-order chi connectivity index (χ1) is 14.8. The van der Waals surface area contributed by atoms with Crippen molar-refractivity contribution in [2.45, 2.75) is 31.1 Å². The highest BCUT2D eigenvalue weighted by Crippen LogP contribution is 2.19. The predicted molar refractivity (Wildman–Crippen MR) is 121 cm³/mol. The van der Waals surface area contributed by atoms with Crippen LogP contribution >= 0.6 is 0 Å². The van der Waals surface area contributed by atoms with Crippen molar-refractivity contribution >= 4 is 27.7 Å². The number of sulfonamides is 1. The second-order valence-electron chi connectivity index (χ2n) is 7.73. The van der Waals surface area contributed by atoms with Gasteiger partial charge >= 0.3 is 0 Å². The summed E-state index contributed by atoms with van der Waals surface area (Å²) >= 11 is 0. The highest BCUT2D eigenvalue weighted by atomic mass is 32.2. The smallest absolute Gasteiger partial charge is 0.251 e. The summed E-state index contributed by atoms with van der Waals surface area (Å²) < 4.78 is 25.4. The van der Waals surface area contributed by atoms with Crippen LogP contribution in [0, 0.1) is 6.92 Å². The van der Waals surface area contributed by atoms with E-state index in [-0.39, 0.29) is 10.8 Å². The topological polar surface area (TPSA) is 108 Å². The van der Waals surface area contributed by atoms with Gasteiger partial charge in [-0.3, -0.25) is 4.79 Å². The van der Waals surface area contributed by atoms with Gasteiger partial charge in [0.1, 0.15) is 5.82 Å². The van der Waals surface area contributed by atoms with Crippen LogP contribution < -0.4 is 15.5 Å². The lowest BCUT2D eigenvalue weighted by atomic mass is 10.1. The number of aromatic nitrogens is 2. The fraction of sp³-hybridized carbons (Fsp3) is 0.476. The minimum absolute atomic E-state index is 0.150. The molecule has 10 heteroatoms. The molecule has 168 valence electrons. The minimum atomic E-state index is -3.51. The van der Waals surface area contributed by atoms with Gasteiger partial charge in [-0.15, -0.1) is 0 Å². The molecule has 3 rings (SSSR count). The second-order valence-corrected chi connectivity index (χ2v) is 9.89. The van der Waals surface area contributed by atoms with Crippen LogP contribution in [0.2, 0.25) is 0 Å². The third-order valence-electron chi connectivity index (χ3n) is 5.11. The number of rotatable bonds is 8. The Labute approximate surface area is 183 Å². The van der Waals surface area contributed by atoms with Gasteiger partial charge in [0.15, 0.2) is 0 Å². The van der Waals surface area contributed by atoms with Crippen molar-refractivity contribution in [3.63, 3.8) is 0 Å². The number of nitrogens with one attached hydrogen (secondary N) is 2. The van der Waals surface area contributed by atoms with Gasteiger partial charge in [-0.1, -0.05) is 0 Å². The molecular formula is C21H30N6O3S. The largest absolute Gasteiger partial charge is 0.356 e. The fourth-order valence-electron chi connectivity index (χ4n) is 3.36. The number of hydrogen-bond donors (Lipinski definition) is 2. The Morgan fingerprint density at radius 1 is 1.06 bits per heavy atom. The maximum absolute atomic E-state index is 12.3. The van der Waals surface area contributed by atoms with Crippen LogP contribution in [0.3, 0.4) is 0 Å². The van der Waals surface area contributed by atoms with Gasteiger partial charge in [0.05, 0.1) is 4.90 Å². The minimum Gasteiger partial charge on any atom is -0.356 e. The third-order valence-corrected chi connectivity index (χ3v) is 6.94.